The Labute approximate surface area is 143 Å². The van der Waals surface area contributed by atoms with Crippen LogP contribution in [0.25, 0.3) is 0 Å². The van der Waals surface area contributed by atoms with E-state index in [4.69, 9.17) is 0 Å². The first-order valence-corrected chi connectivity index (χ1v) is 9.69. The number of sulfonamides is 1. The molecule has 1 aromatic carbocycles. The Kier molecular flexibility index (Phi) is 7.62. The van der Waals surface area contributed by atoms with Crippen LogP contribution in [-0.2, 0) is 14.8 Å². The summed E-state index contributed by atoms with van der Waals surface area (Å²) in [6.45, 7) is 3.03. The largest absolute Gasteiger partial charge is 0.354 e. The molecular formula is C16H26FN3O3S. The molecule has 0 radical (unpaired) electrons. The first-order valence-electron chi connectivity index (χ1n) is 7.84. The van der Waals surface area contributed by atoms with E-state index >= 15 is 0 Å². The lowest BCUT2D eigenvalue weighted by atomic mass is 10.2. The van der Waals surface area contributed by atoms with Crippen molar-refractivity contribution in [3.8, 4) is 0 Å². The quantitative estimate of drug-likeness (QED) is 0.678. The van der Waals surface area contributed by atoms with E-state index in [1.165, 1.54) is 24.3 Å². The van der Waals surface area contributed by atoms with E-state index in [9.17, 15) is 17.6 Å². The van der Waals surface area contributed by atoms with Crippen LogP contribution in [0.15, 0.2) is 24.3 Å². The zero-order chi connectivity index (χ0) is 18.3. The maximum Gasteiger partial charge on any atom is 0.243 e. The van der Waals surface area contributed by atoms with Gasteiger partial charge in [0.05, 0.1) is 11.9 Å². The lowest BCUT2D eigenvalue weighted by Gasteiger charge is -2.30. The van der Waals surface area contributed by atoms with Crippen molar-refractivity contribution in [1.82, 2.24) is 10.2 Å². The summed E-state index contributed by atoms with van der Waals surface area (Å²) in [5.41, 5.74) is 0.272. The monoisotopic (exact) mass is 359 g/mol. The Hall–Kier alpha value is -1.67. The van der Waals surface area contributed by atoms with Gasteiger partial charge in [0.15, 0.2) is 0 Å². The number of nitrogens with zero attached hydrogens (tertiary/aromatic N) is 2. The van der Waals surface area contributed by atoms with Crippen molar-refractivity contribution in [3.63, 3.8) is 0 Å². The molecule has 1 N–H and O–H groups in total. The van der Waals surface area contributed by atoms with Crippen LogP contribution < -0.4 is 9.62 Å². The number of amides is 1. The van der Waals surface area contributed by atoms with Crippen molar-refractivity contribution >= 4 is 21.6 Å². The molecule has 0 aromatic heterocycles. The summed E-state index contributed by atoms with van der Waals surface area (Å²) in [5.74, 6) is -0.820. The highest BCUT2D eigenvalue weighted by molar-refractivity contribution is 7.92. The standard InChI is InChI=1S/C16H26FN3O3S/c1-5-15(16(21)18-11-6-12-19(2)3)20(24(4,22)23)14-9-7-13(17)8-10-14/h7-10,15H,5-6,11-12H2,1-4H3,(H,18,21)/t15-/m0/s1. The van der Waals surface area contributed by atoms with E-state index in [2.05, 4.69) is 5.32 Å². The molecule has 0 spiro atoms. The molecular weight excluding hydrogens is 333 g/mol. The lowest BCUT2D eigenvalue weighted by molar-refractivity contribution is -0.122. The van der Waals surface area contributed by atoms with Gasteiger partial charge in [-0.15, -0.1) is 0 Å². The number of rotatable bonds is 9. The molecule has 6 nitrogen and oxygen atoms in total. The third-order valence-electron chi connectivity index (χ3n) is 3.49. The summed E-state index contributed by atoms with van der Waals surface area (Å²) in [7, 11) is 0.193. The average molecular weight is 359 g/mol. The van der Waals surface area contributed by atoms with Gasteiger partial charge in [-0.3, -0.25) is 9.10 Å². The van der Waals surface area contributed by atoms with E-state index in [1.54, 1.807) is 6.92 Å². The van der Waals surface area contributed by atoms with Crippen molar-refractivity contribution < 1.29 is 17.6 Å². The second-order valence-corrected chi connectivity index (χ2v) is 7.77. The van der Waals surface area contributed by atoms with Gasteiger partial charge in [0.1, 0.15) is 11.9 Å². The molecule has 0 unspecified atom stereocenters. The molecule has 136 valence electrons. The topological polar surface area (TPSA) is 69.7 Å². The van der Waals surface area contributed by atoms with Gasteiger partial charge in [0.2, 0.25) is 15.9 Å². The fourth-order valence-electron chi connectivity index (χ4n) is 2.37. The number of halogens is 1. The number of carbonyl (C=O) groups is 1. The highest BCUT2D eigenvalue weighted by Crippen LogP contribution is 2.22. The molecule has 1 amide bonds. The van der Waals surface area contributed by atoms with Gasteiger partial charge in [-0.1, -0.05) is 6.92 Å². The van der Waals surface area contributed by atoms with Crippen LogP contribution >= 0.6 is 0 Å². The van der Waals surface area contributed by atoms with Crippen LogP contribution in [0.4, 0.5) is 10.1 Å². The SMILES string of the molecule is CC[C@@H](C(=O)NCCCN(C)C)N(c1ccc(F)cc1)S(C)(=O)=O. The van der Waals surface area contributed by atoms with Crippen LogP contribution in [0.3, 0.4) is 0 Å². The van der Waals surface area contributed by atoms with Crippen LogP contribution in [0.1, 0.15) is 19.8 Å². The number of hydrogen-bond donors (Lipinski definition) is 1. The van der Waals surface area contributed by atoms with Crippen LogP contribution in [0.2, 0.25) is 0 Å². The zero-order valence-corrected chi connectivity index (χ0v) is 15.4. The summed E-state index contributed by atoms with van der Waals surface area (Å²) in [5, 5.41) is 2.78. The van der Waals surface area contributed by atoms with Gasteiger partial charge in [0, 0.05) is 6.54 Å². The minimum atomic E-state index is -3.69. The predicted octanol–water partition coefficient (Wildman–Crippen LogP) is 1.44. The molecule has 0 fully saturated rings. The highest BCUT2D eigenvalue weighted by Gasteiger charge is 2.31. The van der Waals surface area contributed by atoms with Gasteiger partial charge in [-0.25, -0.2) is 12.8 Å². The number of benzene rings is 1. The molecule has 0 bridgehead atoms. The summed E-state index contributed by atoms with van der Waals surface area (Å²) < 4.78 is 38.5. The number of nitrogens with one attached hydrogen (secondary N) is 1. The van der Waals surface area contributed by atoms with Crippen molar-refractivity contribution in [2.24, 2.45) is 0 Å². The van der Waals surface area contributed by atoms with E-state index in [0.717, 1.165) is 23.5 Å². The minimum Gasteiger partial charge on any atom is -0.354 e. The molecule has 24 heavy (non-hydrogen) atoms. The van der Waals surface area contributed by atoms with Crippen molar-refractivity contribution in [3.05, 3.63) is 30.1 Å². The Balaban J connectivity index is 2.93. The van der Waals surface area contributed by atoms with Gasteiger partial charge in [0.25, 0.3) is 0 Å². The molecule has 0 aliphatic carbocycles. The Morgan fingerprint density at radius 1 is 1.25 bits per heavy atom. The number of anilines is 1. The summed E-state index contributed by atoms with van der Waals surface area (Å²) in [6.07, 6.45) is 2.12. The van der Waals surface area contributed by atoms with Gasteiger partial charge >= 0.3 is 0 Å². The number of carbonyl (C=O) groups excluding carboxylic acids is 1. The summed E-state index contributed by atoms with van der Waals surface area (Å²) in [6, 6.07) is 4.20. The first kappa shape index (κ1) is 20.4. The molecule has 0 saturated carbocycles. The van der Waals surface area contributed by atoms with Gasteiger partial charge < -0.3 is 10.2 Å². The van der Waals surface area contributed by atoms with Crippen molar-refractivity contribution in [1.29, 1.82) is 0 Å². The fraction of sp³-hybridized carbons (Fsp3) is 0.562. The maximum atomic E-state index is 13.1. The van der Waals surface area contributed by atoms with Crippen LogP contribution in [0.5, 0.6) is 0 Å². The van der Waals surface area contributed by atoms with Crippen molar-refractivity contribution in [2.75, 3.05) is 37.7 Å². The average Bonchev–Trinajstić information content (AvgIpc) is 2.48. The second kappa shape index (κ2) is 8.98. The molecule has 1 rings (SSSR count). The molecule has 8 heteroatoms. The third kappa shape index (κ3) is 6.09. The van der Waals surface area contributed by atoms with E-state index in [0.29, 0.717) is 13.0 Å². The Morgan fingerprint density at radius 3 is 2.29 bits per heavy atom. The number of hydrogen-bond acceptors (Lipinski definition) is 4. The fourth-order valence-corrected chi connectivity index (χ4v) is 3.58. The molecule has 1 atom stereocenters. The van der Waals surface area contributed by atoms with Gasteiger partial charge in [-0.05, 0) is 57.7 Å². The Bertz CT molecular complexity index is 632. The zero-order valence-electron chi connectivity index (χ0n) is 14.6. The molecule has 1 aromatic rings. The van der Waals surface area contributed by atoms with Crippen LogP contribution in [-0.4, -0.2) is 58.7 Å². The highest BCUT2D eigenvalue weighted by atomic mass is 32.2. The molecule has 0 aliphatic heterocycles. The minimum absolute atomic E-state index is 0.272. The Morgan fingerprint density at radius 2 is 1.83 bits per heavy atom. The normalized spacial score (nSPS) is 12.9. The van der Waals surface area contributed by atoms with Gasteiger partial charge in [-0.2, -0.15) is 0 Å². The first-order chi connectivity index (χ1) is 11.2. The summed E-state index contributed by atoms with van der Waals surface area (Å²) >= 11 is 0. The van der Waals surface area contributed by atoms with E-state index in [-0.39, 0.29) is 11.6 Å². The predicted molar refractivity (Wildman–Crippen MR) is 94.0 cm³/mol. The maximum absolute atomic E-state index is 13.1. The van der Waals surface area contributed by atoms with E-state index < -0.39 is 21.9 Å². The third-order valence-corrected chi connectivity index (χ3v) is 4.67. The smallest absolute Gasteiger partial charge is 0.243 e. The lowest BCUT2D eigenvalue weighted by Crippen LogP contribution is -2.49. The second-order valence-electron chi connectivity index (χ2n) is 5.91. The molecule has 0 aliphatic rings. The van der Waals surface area contributed by atoms with Crippen molar-refractivity contribution in [2.45, 2.75) is 25.8 Å². The van der Waals surface area contributed by atoms with Crippen LogP contribution in [0, 0.1) is 5.82 Å². The molecule has 0 heterocycles. The molecule has 0 saturated heterocycles. The van der Waals surface area contributed by atoms with E-state index in [1.807, 2.05) is 19.0 Å². The summed E-state index contributed by atoms with van der Waals surface area (Å²) in [4.78, 5) is 14.4.